The Morgan fingerprint density at radius 2 is 1.57 bits per heavy atom. The molecule has 0 saturated heterocycles. The smallest absolute Gasteiger partial charge is 0.244 e. The summed E-state index contributed by atoms with van der Waals surface area (Å²) in [5.41, 5.74) is 1.79. The van der Waals surface area contributed by atoms with Gasteiger partial charge in [0.25, 0.3) is 0 Å². The van der Waals surface area contributed by atoms with E-state index in [1.54, 1.807) is 43.3 Å². The largest absolute Gasteiger partial charge is 0.355 e. The summed E-state index contributed by atoms with van der Waals surface area (Å²) in [6.45, 7) is 1.65. The predicted molar refractivity (Wildman–Crippen MR) is 151 cm³/mol. The maximum absolute atomic E-state index is 13.8. The Bertz CT molecular complexity index is 1300. The predicted octanol–water partition coefficient (Wildman–Crippen LogP) is 3.97. The fraction of sp³-hybridized carbons (Fsp3) is 0.259. The van der Waals surface area contributed by atoms with E-state index in [9.17, 15) is 22.4 Å². The lowest BCUT2D eigenvalue weighted by Gasteiger charge is -2.33. The van der Waals surface area contributed by atoms with Crippen LogP contribution in [0.25, 0.3) is 0 Å². The molecule has 196 valence electrons. The van der Waals surface area contributed by atoms with Gasteiger partial charge in [0.2, 0.25) is 21.8 Å². The van der Waals surface area contributed by atoms with Crippen molar-refractivity contribution < 1.29 is 22.4 Å². The molecule has 1 N–H and O–H groups in total. The minimum atomic E-state index is -3.82. The van der Waals surface area contributed by atoms with Crippen molar-refractivity contribution >= 4 is 50.1 Å². The van der Waals surface area contributed by atoms with Gasteiger partial charge in [0, 0.05) is 23.1 Å². The highest BCUT2D eigenvalue weighted by Crippen LogP contribution is 2.21. The molecule has 0 aromatic heterocycles. The summed E-state index contributed by atoms with van der Waals surface area (Å²) in [5.74, 6) is -1.34. The molecule has 7 nitrogen and oxygen atoms in total. The number of anilines is 1. The average molecular weight is 638 g/mol. The van der Waals surface area contributed by atoms with E-state index in [4.69, 9.17) is 0 Å². The molecule has 3 aromatic rings. The van der Waals surface area contributed by atoms with Gasteiger partial charge in [0.1, 0.15) is 18.4 Å². The van der Waals surface area contributed by atoms with E-state index >= 15 is 0 Å². The second kappa shape index (κ2) is 13.0. The van der Waals surface area contributed by atoms with E-state index in [1.165, 1.54) is 17.0 Å². The quantitative estimate of drug-likeness (QED) is 0.323. The molecule has 0 aliphatic rings. The van der Waals surface area contributed by atoms with Crippen molar-refractivity contribution in [3.05, 3.63) is 99.4 Å². The summed E-state index contributed by atoms with van der Waals surface area (Å²) in [7, 11) is -3.82. The normalized spacial score (nSPS) is 12.0. The molecule has 0 fully saturated rings. The van der Waals surface area contributed by atoms with Crippen molar-refractivity contribution in [2.24, 2.45) is 0 Å². The van der Waals surface area contributed by atoms with Gasteiger partial charge in [-0.3, -0.25) is 13.9 Å². The summed E-state index contributed by atoms with van der Waals surface area (Å²) in [6, 6.07) is 20.8. The molecule has 0 bridgehead atoms. The second-order valence-electron chi connectivity index (χ2n) is 8.49. The lowest BCUT2D eigenvalue weighted by molar-refractivity contribution is -0.140. The number of hydrogen-bond acceptors (Lipinski definition) is 4. The van der Waals surface area contributed by atoms with E-state index < -0.39 is 34.3 Å². The molecule has 0 aliphatic carbocycles. The van der Waals surface area contributed by atoms with Gasteiger partial charge in [-0.1, -0.05) is 42.5 Å². The number of carbonyl (C=O) groups excluding carboxylic acids is 2. The number of likely N-dealkylation sites (N-methyl/N-ethyl adjacent to an activating group) is 1. The molecule has 37 heavy (non-hydrogen) atoms. The maximum atomic E-state index is 13.8. The molecule has 0 heterocycles. The Balaban J connectivity index is 2.02. The van der Waals surface area contributed by atoms with Crippen molar-refractivity contribution in [1.29, 1.82) is 0 Å². The highest BCUT2D eigenvalue weighted by Gasteiger charge is 2.32. The van der Waals surface area contributed by atoms with Crippen molar-refractivity contribution in [3.8, 4) is 0 Å². The summed E-state index contributed by atoms with van der Waals surface area (Å²) >= 11 is 2.11. The van der Waals surface area contributed by atoms with Crippen LogP contribution in [0.1, 0.15) is 18.1 Å². The standard InChI is InChI=1S/C27H29FIN3O4S/c1-3-30-27(34)25(17-20-7-5-4-6-8-20)31(18-21-9-11-22(28)12-10-21)26(33)19-32(37(2,35)36)24-15-13-23(29)14-16-24/h4-16,25H,3,17-19H2,1-2H3,(H,30,34)/t25-/m1/s1. The first-order chi connectivity index (χ1) is 17.6. The SMILES string of the molecule is CCNC(=O)[C@@H](Cc1ccccc1)N(Cc1ccc(F)cc1)C(=O)CN(c1ccc(I)cc1)S(C)(=O)=O. The van der Waals surface area contributed by atoms with Crippen LogP contribution in [0.5, 0.6) is 0 Å². The van der Waals surface area contributed by atoms with Crippen LogP contribution in [-0.2, 0) is 32.6 Å². The number of amides is 2. The van der Waals surface area contributed by atoms with Crippen LogP contribution in [-0.4, -0.2) is 50.5 Å². The molecule has 0 unspecified atom stereocenters. The Kier molecular flexibility index (Phi) is 10.0. The van der Waals surface area contributed by atoms with Crippen molar-refractivity contribution in [1.82, 2.24) is 10.2 Å². The monoisotopic (exact) mass is 637 g/mol. The minimum absolute atomic E-state index is 0.00195. The van der Waals surface area contributed by atoms with Crippen LogP contribution in [0, 0.1) is 9.39 Å². The molecular weight excluding hydrogens is 608 g/mol. The zero-order valence-electron chi connectivity index (χ0n) is 20.6. The van der Waals surface area contributed by atoms with Crippen LogP contribution < -0.4 is 9.62 Å². The molecule has 3 aromatic carbocycles. The average Bonchev–Trinajstić information content (AvgIpc) is 2.86. The third-order valence-corrected chi connectivity index (χ3v) is 7.54. The zero-order valence-corrected chi connectivity index (χ0v) is 23.6. The molecular formula is C27H29FIN3O4S. The summed E-state index contributed by atoms with van der Waals surface area (Å²) in [4.78, 5) is 28.4. The van der Waals surface area contributed by atoms with E-state index in [0.29, 0.717) is 17.8 Å². The summed E-state index contributed by atoms with van der Waals surface area (Å²) < 4.78 is 40.9. The van der Waals surface area contributed by atoms with Crippen LogP contribution in [0.15, 0.2) is 78.9 Å². The number of carbonyl (C=O) groups is 2. The van der Waals surface area contributed by atoms with Gasteiger partial charge >= 0.3 is 0 Å². The molecule has 1 atom stereocenters. The van der Waals surface area contributed by atoms with Crippen LogP contribution in [0.3, 0.4) is 0 Å². The Labute approximate surface area is 230 Å². The first-order valence-electron chi connectivity index (χ1n) is 11.7. The lowest BCUT2D eigenvalue weighted by atomic mass is 10.0. The van der Waals surface area contributed by atoms with Gasteiger partial charge < -0.3 is 10.2 Å². The van der Waals surface area contributed by atoms with E-state index in [1.807, 2.05) is 30.3 Å². The van der Waals surface area contributed by atoms with Crippen molar-refractivity contribution in [2.75, 3.05) is 23.7 Å². The fourth-order valence-corrected chi connectivity index (χ4v) is 5.06. The number of hydrogen-bond donors (Lipinski definition) is 1. The Morgan fingerprint density at radius 1 is 0.946 bits per heavy atom. The van der Waals surface area contributed by atoms with Crippen LogP contribution in [0.2, 0.25) is 0 Å². The number of nitrogens with zero attached hydrogens (tertiary/aromatic N) is 2. The molecule has 3 rings (SSSR count). The maximum Gasteiger partial charge on any atom is 0.244 e. The van der Waals surface area contributed by atoms with Crippen molar-refractivity contribution in [3.63, 3.8) is 0 Å². The number of benzene rings is 3. The third kappa shape index (κ3) is 8.26. The number of nitrogens with one attached hydrogen (secondary N) is 1. The fourth-order valence-electron chi connectivity index (χ4n) is 3.85. The first-order valence-corrected chi connectivity index (χ1v) is 14.6. The Hall–Kier alpha value is -2.99. The Morgan fingerprint density at radius 3 is 2.14 bits per heavy atom. The van der Waals surface area contributed by atoms with Crippen molar-refractivity contribution in [2.45, 2.75) is 25.9 Å². The topological polar surface area (TPSA) is 86.8 Å². The van der Waals surface area contributed by atoms with E-state index in [2.05, 4.69) is 27.9 Å². The molecule has 0 aliphatic heterocycles. The number of rotatable bonds is 11. The molecule has 0 spiro atoms. The molecule has 10 heteroatoms. The third-order valence-electron chi connectivity index (χ3n) is 5.68. The van der Waals surface area contributed by atoms with E-state index in [-0.39, 0.29) is 18.9 Å². The number of sulfonamides is 1. The number of halogens is 2. The molecule has 2 amide bonds. The van der Waals surface area contributed by atoms with Gasteiger partial charge in [-0.05, 0) is 77.0 Å². The first kappa shape index (κ1) is 28.6. The zero-order chi connectivity index (χ0) is 27.0. The van der Waals surface area contributed by atoms with Crippen LogP contribution in [0.4, 0.5) is 10.1 Å². The highest BCUT2D eigenvalue weighted by atomic mass is 127. The minimum Gasteiger partial charge on any atom is -0.355 e. The molecule has 0 radical (unpaired) electrons. The van der Waals surface area contributed by atoms with Gasteiger partial charge in [-0.15, -0.1) is 0 Å². The van der Waals surface area contributed by atoms with Gasteiger partial charge in [-0.25, -0.2) is 12.8 Å². The van der Waals surface area contributed by atoms with Gasteiger partial charge in [0.15, 0.2) is 0 Å². The second-order valence-corrected chi connectivity index (χ2v) is 11.6. The van der Waals surface area contributed by atoms with E-state index in [0.717, 1.165) is 19.7 Å². The lowest BCUT2D eigenvalue weighted by Crippen LogP contribution is -2.53. The molecule has 0 saturated carbocycles. The summed E-state index contributed by atoms with van der Waals surface area (Å²) in [6.07, 6.45) is 1.26. The van der Waals surface area contributed by atoms with Gasteiger partial charge in [0.05, 0.1) is 11.9 Å². The van der Waals surface area contributed by atoms with Crippen LogP contribution >= 0.6 is 22.6 Å². The van der Waals surface area contributed by atoms with Gasteiger partial charge in [-0.2, -0.15) is 0 Å². The highest BCUT2D eigenvalue weighted by molar-refractivity contribution is 14.1. The summed E-state index contributed by atoms with van der Waals surface area (Å²) in [5, 5.41) is 2.79.